The molecule has 4 aromatic rings. The minimum Gasteiger partial charge on any atom is -0.497 e. The van der Waals surface area contributed by atoms with E-state index in [2.05, 4.69) is 10.6 Å². The highest BCUT2D eigenvalue weighted by Gasteiger charge is 2.24. The normalized spacial score (nSPS) is 11.2. The van der Waals surface area contributed by atoms with E-state index in [1.807, 2.05) is 36.4 Å². The molecule has 1 atom stereocenters. The van der Waals surface area contributed by atoms with Gasteiger partial charge in [-0.3, -0.25) is 9.59 Å². The number of nitrogens with one attached hydrogen (secondary N) is 2. The summed E-state index contributed by atoms with van der Waals surface area (Å²) in [6.45, 7) is 0. The molecular formula is C30H26N2O6S. The summed E-state index contributed by atoms with van der Waals surface area (Å²) < 4.78 is 10.7. The number of hydrogen-bond acceptors (Lipinski definition) is 6. The second-order valence-corrected chi connectivity index (χ2v) is 9.48. The molecule has 0 heterocycles. The summed E-state index contributed by atoms with van der Waals surface area (Å²) in [5.74, 6) is -0.927. The zero-order valence-electron chi connectivity index (χ0n) is 21.2. The van der Waals surface area contributed by atoms with Gasteiger partial charge >= 0.3 is 5.97 Å². The second-order valence-electron chi connectivity index (χ2n) is 8.30. The molecule has 39 heavy (non-hydrogen) atoms. The molecule has 4 aromatic carbocycles. The van der Waals surface area contributed by atoms with E-state index in [-0.39, 0.29) is 17.0 Å². The smallest absolute Gasteiger partial charge is 0.336 e. The van der Waals surface area contributed by atoms with Gasteiger partial charge in [0.05, 0.1) is 31.0 Å². The zero-order valence-corrected chi connectivity index (χ0v) is 22.0. The quantitative estimate of drug-likeness (QED) is 0.207. The maximum atomic E-state index is 13.5. The van der Waals surface area contributed by atoms with E-state index in [4.69, 9.17) is 9.47 Å². The Morgan fingerprint density at radius 3 is 2.18 bits per heavy atom. The van der Waals surface area contributed by atoms with Crippen molar-refractivity contribution in [3.05, 3.63) is 114 Å². The molecule has 0 saturated heterocycles. The second kappa shape index (κ2) is 12.7. The van der Waals surface area contributed by atoms with Crippen LogP contribution in [0.25, 0.3) is 0 Å². The summed E-state index contributed by atoms with van der Waals surface area (Å²) in [6.07, 6.45) is 0. The van der Waals surface area contributed by atoms with Crippen LogP contribution in [-0.2, 0) is 4.79 Å². The number of anilines is 2. The van der Waals surface area contributed by atoms with Crippen LogP contribution in [0.15, 0.2) is 102 Å². The van der Waals surface area contributed by atoms with Gasteiger partial charge in [-0.1, -0.05) is 48.5 Å². The Labute approximate surface area is 230 Å². The van der Waals surface area contributed by atoms with Crippen molar-refractivity contribution < 1.29 is 29.0 Å². The van der Waals surface area contributed by atoms with E-state index < -0.39 is 17.1 Å². The Balaban J connectivity index is 1.57. The molecule has 2 amide bonds. The number of methoxy groups -OCH3 is 2. The number of carboxylic acids is 1. The van der Waals surface area contributed by atoms with Crippen molar-refractivity contribution in [3.63, 3.8) is 0 Å². The highest BCUT2D eigenvalue weighted by Crippen LogP contribution is 2.38. The van der Waals surface area contributed by atoms with Crippen LogP contribution in [0, 0.1) is 0 Å². The van der Waals surface area contributed by atoms with Gasteiger partial charge in [-0.2, -0.15) is 0 Å². The summed E-state index contributed by atoms with van der Waals surface area (Å²) in [5.41, 5.74) is 1.72. The topological polar surface area (TPSA) is 114 Å². The van der Waals surface area contributed by atoms with Gasteiger partial charge in [-0.05, 0) is 48.0 Å². The van der Waals surface area contributed by atoms with Crippen LogP contribution in [0.5, 0.6) is 11.5 Å². The molecule has 198 valence electrons. The van der Waals surface area contributed by atoms with Crippen LogP contribution < -0.4 is 20.1 Å². The number of carbonyl (C=O) groups is 3. The maximum Gasteiger partial charge on any atom is 0.336 e. The minimum atomic E-state index is -1.18. The summed E-state index contributed by atoms with van der Waals surface area (Å²) in [7, 11) is 3.07. The first-order valence-electron chi connectivity index (χ1n) is 11.9. The highest BCUT2D eigenvalue weighted by molar-refractivity contribution is 8.00. The average Bonchev–Trinajstić information content (AvgIpc) is 2.96. The van der Waals surface area contributed by atoms with Gasteiger partial charge in [0.25, 0.3) is 5.91 Å². The summed E-state index contributed by atoms with van der Waals surface area (Å²) in [5, 5.41) is 14.5. The Bertz CT molecular complexity index is 1490. The molecule has 3 N–H and O–H groups in total. The molecule has 0 aliphatic carbocycles. The number of thioether (sulfide) groups is 1. The number of carboxylic acid groups (broad SMARTS) is 1. The molecule has 0 aliphatic rings. The van der Waals surface area contributed by atoms with Crippen molar-refractivity contribution in [2.75, 3.05) is 24.9 Å². The van der Waals surface area contributed by atoms with Crippen molar-refractivity contribution >= 4 is 40.9 Å². The van der Waals surface area contributed by atoms with E-state index in [1.165, 1.54) is 31.0 Å². The molecule has 9 heteroatoms. The van der Waals surface area contributed by atoms with E-state index in [0.29, 0.717) is 22.9 Å². The van der Waals surface area contributed by atoms with Gasteiger partial charge in [0, 0.05) is 16.6 Å². The van der Waals surface area contributed by atoms with Gasteiger partial charge < -0.3 is 25.2 Å². The third-order valence-corrected chi connectivity index (χ3v) is 7.00. The fourth-order valence-electron chi connectivity index (χ4n) is 3.85. The Kier molecular flexibility index (Phi) is 8.86. The summed E-state index contributed by atoms with van der Waals surface area (Å²) >= 11 is 1.31. The Morgan fingerprint density at radius 1 is 0.769 bits per heavy atom. The van der Waals surface area contributed by atoms with Crippen LogP contribution in [-0.4, -0.2) is 37.1 Å². The predicted octanol–water partition coefficient (Wildman–Crippen LogP) is 6.13. The third kappa shape index (κ3) is 6.77. The van der Waals surface area contributed by atoms with E-state index in [0.717, 1.165) is 10.5 Å². The van der Waals surface area contributed by atoms with E-state index in [1.54, 1.807) is 55.6 Å². The molecule has 0 aliphatic heterocycles. The highest BCUT2D eigenvalue weighted by atomic mass is 32.2. The molecule has 0 bridgehead atoms. The van der Waals surface area contributed by atoms with Crippen LogP contribution >= 0.6 is 11.8 Å². The molecule has 0 aromatic heterocycles. The van der Waals surface area contributed by atoms with Gasteiger partial charge in [-0.25, -0.2) is 4.79 Å². The molecule has 8 nitrogen and oxygen atoms in total. The molecule has 1 unspecified atom stereocenters. The number of aromatic carboxylic acids is 1. The molecule has 0 radical (unpaired) electrons. The maximum absolute atomic E-state index is 13.5. The monoisotopic (exact) mass is 542 g/mol. The SMILES string of the molecule is COc1ccc(NC(=O)C(Sc2cccc(NC(=O)c3ccccc3C(=O)O)c2)c2ccccc2)c(OC)c1. The van der Waals surface area contributed by atoms with Crippen molar-refractivity contribution in [2.45, 2.75) is 10.1 Å². The molecule has 0 spiro atoms. The van der Waals surface area contributed by atoms with Crippen LogP contribution in [0.2, 0.25) is 0 Å². The zero-order chi connectivity index (χ0) is 27.8. The largest absolute Gasteiger partial charge is 0.497 e. The van der Waals surface area contributed by atoms with Gasteiger partial charge in [0.1, 0.15) is 16.7 Å². The lowest BCUT2D eigenvalue weighted by atomic mass is 10.1. The fraction of sp³-hybridized carbons (Fsp3) is 0.100. The first-order valence-corrected chi connectivity index (χ1v) is 12.8. The third-order valence-electron chi connectivity index (χ3n) is 5.75. The molecular weight excluding hydrogens is 516 g/mol. The lowest BCUT2D eigenvalue weighted by Crippen LogP contribution is -2.19. The molecule has 0 fully saturated rings. The number of rotatable bonds is 10. The summed E-state index contributed by atoms with van der Waals surface area (Å²) in [6, 6.07) is 27.5. The van der Waals surface area contributed by atoms with Crippen molar-refractivity contribution in [3.8, 4) is 11.5 Å². The van der Waals surface area contributed by atoms with Crippen LogP contribution in [0.4, 0.5) is 11.4 Å². The number of benzene rings is 4. The predicted molar refractivity (Wildman–Crippen MR) is 151 cm³/mol. The van der Waals surface area contributed by atoms with E-state index in [9.17, 15) is 19.5 Å². The Morgan fingerprint density at radius 2 is 1.49 bits per heavy atom. The number of ether oxygens (including phenoxy) is 2. The van der Waals surface area contributed by atoms with Gasteiger partial charge in [0.2, 0.25) is 5.91 Å². The first kappa shape index (κ1) is 27.3. The van der Waals surface area contributed by atoms with Crippen molar-refractivity contribution in [1.82, 2.24) is 0 Å². The standard InChI is InChI=1S/C30H26N2O6S/c1-37-21-15-16-25(26(18-21)38-2)32-29(34)27(19-9-4-3-5-10-19)39-22-12-8-11-20(17-22)31-28(33)23-13-6-7-14-24(23)30(35)36/h3-18,27H,1-2H3,(H,31,33)(H,32,34)(H,35,36). The number of hydrogen-bond donors (Lipinski definition) is 3. The lowest BCUT2D eigenvalue weighted by molar-refractivity contribution is -0.115. The molecule has 0 saturated carbocycles. The fourth-order valence-corrected chi connectivity index (χ4v) is 4.93. The minimum absolute atomic E-state index is 0.0537. The van der Waals surface area contributed by atoms with Gasteiger partial charge in [-0.15, -0.1) is 11.8 Å². The summed E-state index contributed by atoms with van der Waals surface area (Å²) in [4.78, 5) is 38.6. The number of amides is 2. The van der Waals surface area contributed by atoms with Crippen molar-refractivity contribution in [2.24, 2.45) is 0 Å². The molecule has 4 rings (SSSR count). The van der Waals surface area contributed by atoms with Crippen LogP contribution in [0.1, 0.15) is 31.5 Å². The van der Waals surface area contributed by atoms with Crippen LogP contribution in [0.3, 0.4) is 0 Å². The van der Waals surface area contributed by atoms with Crippen molar-refractivity contribution in [1.29, 1.82) is 0 Å². The Hall–Kier alpha value is -4.76. The number of carbonyl (C=O) groups excluding carboxylic acids is 2. The van der Waals surface area contributed by atoms with Gasteiger partial charge in [0.15, 0.2) is 0 Å². The first-order chi connectivity index (χ1) is 18.9. The average molecular weight is 543 g/mol. The lowest BCUT2D eigenvalue weighted by Gasteiger charge is -2.19. The van der Waals surface area contributed by atoms with E-state index >= 15 is 0 Å².